The Hall–Kier alpha value is -1.76. The summed E-state index contributed by atoms with van der Waals surface area (Å²) in [6.45, 7) is 2.26. The molecule has 134 valence electrons. The van der Waals surface area contributed by atoms with Crippen LogP contribution in [-0.4, -0.2) is 18.6 Å². The predicted octanol–water partition coefficient (Wildman–Crippen LogP) is 3.95. The number of carbonyl (C=O) groups is 1. The molecule has 0 aliphatic heterocycles. The first-order valence-corrected chi connectivity index (χ1v) is 8.21. The Bertz CT molecular complexity index is 575. The van der Waals surface area contributed by atoms with Gasteiger partial charge in [-0.15, -0.1) is 0 Å². The molecule has 1 aliphatic carbocycles. The maximum Gasteiger partial charge on any atom is 0.416 e. The molecule has 1 aromatic carbocycles. The summed E-state index contributed by atoms with van der Waals surface area (Å²) in [5.74, 6) is -0.327. The number of anilines is 1. The van der Waals surface area contributed by atoms with Crippen LogP contribution in [0.3, 0.4) is 0 Å². The molecule has 4 nitrogen and oxygen atoms in total. The van der Waals surface area contributed by atoms with Crippen LogP contribution in [0.5, 0.6) is 5.75 Å². The number of hydrogen-bond donors (Lipinski definition) is 2. The van der Waals surface area contributed by atoms with Gasteiger partial charge in [-0.25, -0.2) is 0 Å². The van der Waals surface area contributed by atoms with Crippen molar-refractivity contribution in [3.05, 3.63) is 23.8 Å². The maximum absolute atomic E-state index is 12.9. The number of alkyl halides is 3. The minimum atomic E-state index is -4.48. The van der Waals surface area contributed by atoms with E-state index < -0.39 is 11.7 Å². The van der Waals surface area contributed by atoms with Gasteiger partial charge in [0.25, 0.3) is 0 Å². The highest BCUT2D eigenvalue weighted by atomic mass is 19.4. The second kappa shape index (κ2) is 7.88. The van der Waals surface area contributed by atoms with E-state index in [1.807, 2.05) is 6.92 Å². The molecule has 2 rings (SSSR count). The summed E-state index contributed by atoms with van der Waals surface area (Å²) in [7, 11) is 0. The van der Waals surface area contributed by atoms with Crippen molar-refractivity contribution in [3.8, 4) is 5.75 Å². The van der Waals surface area contributed by atoms with Gasteiger partial charge < -0.3 is 15.8 Å². The van der Waals surface area contributed by atoms with Gasteiger partial charge in [0, 0.05) is 12.0 Å². The van der Waals surface area contributed by atoms with Gasteiger partial charge in [-0.2, -0.15) is 13.2 Å². The predicted molar refractivity (Wildman–Crippen MR) is 85.8 cm³/mol. The smallest absolute Gasteiger partial charge is 0.416 e. The Labute approximate surface area is 139 Å². The van der Waals surface area contributed by atoms with Gasteiger partial charge in [0.05, 0.1) is 17.9 Å². The highest BCUT2D eigenvalue weighted by Gasteiger charge is 2.32. The number of carbonyl (C=O) groups excluding carboxylic acids is 1. The van der Waals surface area contributed by atoms with Gasteiger partial charge in [-0.05, 0) is 43.9 Å². The van der Waals surface area contributed by atoms with Crippen LogP contribution in [0.4, 0.5) is 18.9 Å². The Morgan fingerprint density at radius 2 is 2.12 bits per heavy atom. The molecule has 0 heterocycles. The molecule has 1 fully saturated rings. The van der Waals surface area contributed by atoms with Gasteiger partial charge in [0.15, 0.2) is 0 Å². The molecule has 2 atom stereocenters. The summed E-state index contributed by atoms with van der Waals surface area (Å²) in [5.41, 5.74) is 5.12. The molecule has 1 aliphatic rings. The lowest BCUT2D eigenvalue weighted by Crippen LogP contribution is -2.34. The third-order valence-corrected chi connectivity index (χ3v) is 4.11. The number of halogens is 3. The van der Waals surface area contributed by atoms with Crippen molar-refractivity contribution >= 4 is 11.6 Å². The zero-order valence-corrected chi connectivity index (χ0v) is 13.7. The van der Waals surface area contributed by atoms with E-state index in [2.05, 4.69) is 5.32 Å². The van der Waals surface area contributed by atoms with Crippen LogP contribution in [-0.2, 0) is 11.0 Å². The second-order valence-corrected chi connectivity index (χ2v) is 6.17. The number of benzene rings is 1. The second-order valence-electron chi connectivity index (χ2n) is 6.17. The zero-order chi connectivity index (χ0) is 17.7. The van der Waals surface area contributed by atoms with Crippen molar-refractivity contribution in [2.45, 2.75) is 51.2 Å². The molecule has 0 aromatic heterocycles. The standard InChI is InChI=1S/C17H23F3N2O2/c1-2-8-24-15-7-6-12(17(18,19)20)10-14(15)22-16(23)11-4-3-5-13(21)9-11/h6-7,10-11,13H,2-5,8-9,21H2,1H3,(H,22,23). The quantitative estimate of drug-likeness (QED) is 0.850. The van der Waals surface area contributed by atoms with E-state index in [0.29, 0.717) is 25.9 Å². The molecule has 0 bridgehead atoms. The Kier molecular flexibility index (Phi) is 6.10. The molecule has 7 heteroatoms. The van der Waals surface area contributed by atoms with Crippen LogP contribution >= 0.6 is 0 Å². The van der Waals surface area contributed by atoms with Crippen molar-refractivity contribution < 1.29 is 22.7 Å². The number of nitrogens with two attached hydrogens (primary N) is 1. The van der Waals surface area contributed by atoms with Gasteiger partial charge in [0.2, 0.25) is 5.91 Å². The molecule has 2 unspecified atom stereocenters. The van der Waals surface area contributed by atoms with Crippen molar-refractivity contribution in [1.29, 1.82) is 0 Å². The molecule has 3 N–H and O–H groups in total. The average molecular weight is 344 g/mol. The van der Waals surface area contributed by atoms with Crippen LogP contribution < -0.4 is 15.8 Å². The molecule has 24 heavy (non-hydrogen) atoms. The fraction of sp³-hybridized carbons (Fsp3) is 0.588. The fourth-order valence-corrected chi connectivity index (χ4v) is 2.84. The van der Waals surface area contributed by atoms with E-state index in [4.69, 9.17) is 10.5 Å². The highest BCUT2D eigenvalue weighted by Crippen LogP contribution is 2.36. The first-order chi connectivity index (χ1) is 11.3. The SMILES string of the molecule is CCCOc1ccc(C(F)(F)F)cc1NC(=O)C1CCCC(N)C1. The number of rotatable bonds is 5. The minimum Gasteiger partial charge on any atom is -0.491 e. The lowest BCUT2D eigenvalue weighted by Gasteiger charge is -2.26. The monoisotopic (exact) mass is 344 g/mol. The number of nitrogens with one attached hydrogen (secondary N) is 1. The van der Waals surface area contributed by atoms with Crippen molar-refractivity contribution in [1.82, 2.24) is 0 Å². The van der Waals surface area contributed by atoms with Gasteiger partial charge >= 0.3 is 6.18 Å². The third-order valence-electron chi connectivity index (χ3n) is 4.11. The topological polar surface area (TPSA) is 64.3 Å². The summed E-state index contributed by atoms with van der Waals surface area (Å²) < 4.78 is 44.2. The molecule has 0 radical (unpaired) electrons. The normalized spacial score (nSPS) is 21.4. The van der Waals surface area contributed by atoms with Gasteiger partial charge in [-0.3, -0.25) is 4.79 Å². The van der Waals surface area contributed by atoms with Crippen LogP contribution in [0.2, 0.25) is 0 Å². The van der Waals surface area contributed by atoms with E-state index >= 15 is 0 Å². The average Bonchev–Trinajstić information content (AvgIpc) is 2.52. The van der Waals surface area contributed by atoms with Crippen LogP contribution in [0.15, 0.2) is 18.2 Å². The molecular formula is C17H23F3N2O2. The number of amides is 1. The van der Waals surface area contributed by atoms with E-state index in [1.54, 1.807) is 0 Å². The molecule has 0 saturated heterocycles. The summed E-state index contributed by atoms with van der Waals surface area (Å²) in [5, 5.41) is 2.60. The lowest BCUT2D eigenvalue weighted by molar-refractivity contribution is -0.137. The summed E-state index contributed by atoms with van der Waals surface area (Å²) in [6, 6.07) is 3.09. The molecular weight excluding hydrogens is 321 g/mol. The first kappa shape index (κ1) is 18.6. The summed E-state index contributed by atoms with van der Waals surface area (Å²) in [6.07, 6.45) is -0.791. The van der Waals surface area contributed by atoms with Crippen LogP contribution in [0, 0.1) is 5.92 Å². The number of hydrogen-bond acceptors (Lipinski definition) is 3. The van der Waals surface area contributed by atoms with E-state index in [0.717, 1.165) is 25.0 Å². The largest absolute Gasteiger partial charge is 0.491 e. The van der Waals surface area contributed by atoms with Gasteiger partial charge in [-0.1, -0.05) is 13.3 Å². The zero-order valence-electron chi connectivity index (χ0n) is 13.7. The number of ether oxygens (including phenoxy) is 1. The maximum atomic E-state index is 12.9. The highest BCUT2D eigenvalue weighted by molar-refractivity contribution is 5.94. The van der Waals surface area contributed by atoms with E-state index in [1.165, 1.54) is 6.07 Å². The van der Waals surface area contributed by atoms with Crippen molar-refractivity contribution in [2.24, 2.45) is 11.7 Å². The Morgan fingerprint density at radius 1 is 1.38 bits per heavy atom. The lowest BCUT2D eigenvalue weighted by atomic mass is 9.85. The Morgan fingerprint density at radius 3 is 2.75 bits per heavy atom. The minimum absolute atomic E-state index is 0.0354. The van der Waals surface area contributed by atoms with E-state index in [9.17, 15) is 18.0 Å². The van der Waals surface area contributed by atoms with E-state index in [-0.39, 0.29) is 29.3 Å². The van der Waals surface area contributed by atoms with Crippen LogP contribution in [0.25, 0.3) is 0 Å². The molecule has 1 amide bonds. The fourth-order valence-electron chi connectivity index (χ4n) is 2.84. The third kappa shape index (κ3) is 4.87. The molecule has 0 spiro atoms. The van der Waals surface area contributed by atoms with Crippen LogP contribution in [0.1, 0.15) is 44.6 Å². The molecule has 1 aromatic rings. The molecule has 1 saturated carbocycles. The van der Waals surface area contributed by atoms with Crippen molar-refractivity contribution in [3.63, 3.8) is 0 Å². The Balaban J connectivity index is 2.19. The van der Waals surface area contributed by atoms with Crippen molar-refractivity contribution in [2.75, 3.05) is 11.9 Å². The first-order valence-electron chi connectivity index (χ1n) is 8.21. The summed E-state index contributed by atoms with van der Waals surface area (Å²) in [4.78, 5) is 12.4. The summed E-state index contributed by atoms with van der Waals surface area (Å²) >= 11 is 0. The van der Waals surface area contributed by atoms with Gasteiger partial charge in [0.1, 0.15) is 5.75 Å².